The maximum absolute atomic E-state index is 6.12. The molecule has 0 aliphatic carbocycles. The molecule has 2 atom stereocenters. The van der Waals surface area contributed by atoms with Crippen molar-refractivity contribution in [1.82, 2.24) is 9.78 Å². The zero-order chi connectivity index (χ0) is 11.4. The van der Waals surface area contributed by atoms with Crippen molar-refractivity contribution in [3.63, 3.8) is 0 Å². The molecule has 1 rings (SSSR count). The molecule has 15 heavy (non-hydrogen) atoms. The van der Waals surface area contributed by atoms with Crippen LogP contribution in [0.15, 0.2) is 6.20 Å². The van der Waals surface area contributed by atoms with Crippen LogP contribution in [0.4, 0.5) is 0 Å². The molecule has 0 aliphatic rings. The number of hydrogen-bond acceptors (Lipinski definition) is 2. The first-order valence-corrected chi connectivity index (χ1v) is 6.21. The quantitative estimate of drug-likeness (QED) is 0.781. The van der Waals surface area contributed by atoms with Crippen LogP contribution >= 0.6 is 27.5 Å². The molecule has 0 saturated heterocycles. The Bertz CT molecular complexity index is 314. The van der Waals surface area contributed by atoms with Gasteiger partial charge in [0.2, 0.25) is 0 Å². The molecule has 0 radical (unpaired) electrons. The Morgan fingerprint density at radius 1 is 1.60 bits per heavy atom. The molecule has 0 fully saturated rings. The van der Waals surface area contributed by atoms with E-state index < -0.39 is 0 Å². The van der Waals surface area contributed by atoms with E-state index in [0.29, 0.717) is 17.4 Å². The third-order valence-corrected chi connectivity index (χ3v) is 3.54. The van der Waals surface area contributed by atoms with Gasteiger partial charge in [-0.25, -0.2) is 0 Å². The number of methoxy groups -OCH3 is 1. The van der Waals surface area contributed by atoms with Crippen LogP contribution in [0.1, 0.15) is 25.5 Å². The minimum absolute atomic E-state index is 0.330. The average molecular weight is 296 g/mol. The van der Waals surface area contributed by atoms with Crippen LogP contribution in [-0.2, 0) is 11.3 Å². The lowest BCUT2D eigenvalue weighted by Crippen LogP contribution is -2.15. The standard InChI is InChI=1S/C10H16BrClN2O/c1-7(8(2)11)10-9(12)6-13-14(10)4-5-15-3/h6-8H,4-5H2,1-3H3. The summed E-state index contributed by atoms with van der Waals surface area (Å²) >= 11 is 9.68. The van der Waals surface area contributed by atoms with E-state index in [9.17, 15) is 0 Å². The zero-order valence-corrected chi connectivity index (χ0v) is 11.5. The van der Waals surface area contributed by atoms with Gasteiger partial charge < -0.3 is 4.74 Å². The molecular weight excluding hydrogens is 279 g/mol. The average Bonchev–Trinajstić information content (AvgIpc) is 2.55. The van der Waals surface area contributed by atoms with E-state index in [-0.39, 0.29) is 0 Å². The summed E-state index contributed by atoms with van der Waals surface area (Å²) in [6.07, 6.45) is 1.69. The molecule has 0 saturated carbocycles. The van der Waals surface area contributed by atoms with Crippen molar-refractivity contribution < 1.29 is 4.74 Å². The predicted molar refractivity (Wildman–Crippen MR) is 65.9 cm³/mol. The van der Waals surface area contributed by atoms with E-state index in [4.69, 9.17) is 16.3 Å². The highest BCUT2D eigenvalue weighted by molar-refractivity contribution is 9.09. The summed E-state index contributed by atoms with van der Waals surface area (Å²) in [5, 5.41) is 4.97. The summed E-state index contributed by atoms with van der Waals surface area (Å²) in [5.74, 6) is 0.330. The van der Waals surface area contributed by atoms with E-state index in [0.717, 1.165) is 17.3 Å². The summed E-state index contributed by atoms with van der Waals surface area (Å²) in [7, 11) is 1.68. The van der Waals surface area contributed by atoms with Crippen molar-refractivity contribution in [2.24, 2.45) is 0 Å². The molecule has 1 aromatic heterocycles. The summed E-state index contributed by atoms with van der Waals surface area (Å²) in [6.45, 7) is 5.62. The van der Waals surface area contributed by atoms with Crippen LogP contribution in [0.5, 0.6) is 0 Å². The fourth-order valence-electron chi connectivity index (χ4n) is 1.40. The molecule has 0 aromatic carbocycles. The molecule has 5 heteroatoms. The molecule has 2 unspecified atom stereocenters. The van der Waals surface area contributed by atoms with E-state index in [1.807, 2.05) is 4.68 Å². The van der Waals surface area contributed by atoms with Crippen LogP contribution in [-0.4, -0.2) is 28.3 Å². The molecule has 0 N–H and O–H groups in total. The van der Waals surface area contributed by atoms with E-state index in [1.165, 1.54) is 0 Å². The second-order valence-electron chi connectivity index (χ2n) is 3.56. The van der Waals surface area contributed by atoms with Crippen LogP contribution < -0.4 is 0 Å². The fraction of sp³-hybridized carbons (Fsp3) is 0.700. The molecule has 0 aliphatic heterocycles. The van der Waals surface area contributed by atoms with Crippen LogP contribution in [0.3, 0.4) is 0 Å². The highest BCUT2D eigenvalue weighted by atomic mass is 79.9. The van der Waals surface area contributed by atoms with Crippen molar-refractivity contribution in [3.05, 3.63) is 16.9 Å². The summed E-state index contributed by atoms with van der Waals surface area (Å²) < 4.78 is 6.95. The number of halogens is 2. The minimum atomic E-state index is 0.330. The Balaban J connectivity index is 2.88. The zero-order valence-electron chi connectivity index (χ0n) is 9.20. The smallest absolute Gasteiger partial charge is 0.0821 e. The van der Waals surface area contributed by atoms with Crippen LogP contribution in [0.2, 0.25) is 5.02 Å². The van der Waals surface area contributed by atoms with Crippen molar-refractivity contribution in [3.8, 4) is 0 Å². The van der Waals surface area contributed by atoms with Gasteiger partial charge in [-0.1, -0.05) is 41.4 Å². The normalized spacial score (nSPS) is 15.3. The molecule has 1 aromatic rings. The number of aromatic nitrogens is 2. The fourth-order valence-corrected chi connectivity index (χ4v) is 1.96. The first kappa shape index (κ1) is 13.0. The molecule has 0 bridgehead atoms. The number of ether oxygens (including phenoxy) is 1. The lowest BCUT2D eigenvalue weighted by Gasteiger charge is -2.16. The molecule has 0 spiro atoms. The van der Waals surface area contributed by atoms with Crippen molar-refractivity contribution in [2.45, 2.75) is 31.1 Å². The monoisotopic (exact) mass is 294 g/mol. The van der Waals surface area contributed by atoms with Gasteiger partial charge in [-0.05, 0) is 0 Å². The Hall–Kier alpha value is -0.0600. The van der Waals surface area contributed by atoms with E-state index in [1.54, 1.807) is 13.3 Å². The first-order chi connectivity index (χ1) is 7.07. The highest BCUT2D eigenvalue weighted by Gasteiger charge is 2.19. The third kappa shape index (κ3) is 3.20. The first-order valence-electron chi connectivity index (χ1n) is 4.92. The lowest BCUT2D eigenvalue weighted by molar-refractivity contribution is 0.182. The second kappa shape index (κ2) is 5.87. The van der Waals surface area contributed by atoms with Gasteiger partial charge >= 0.3 is 0 Å². The topological polar surface area (TPSA) is 27.1 Å². The molecule has 0 amide bonds. The van der Waals surface area contributed by atoms with E-state index in [2.05, 4.69) is 34.9 Å². The van der Waals surface area contributed by atoms with Gasteiger partial charge in [0.1, 0.15) is 0 Å². The SMILES string of the molecule is COCCn1ncc(Cl)c1C(C)C(C)Br. The van der Waals surface area contributed by atoms with Gasteiger partial charge in [0.05, 0.1) is 30.1 Å². The molecular formula is C10H16BrClN2O. The maximum Gasteiger partial charge on any atom is 0.0821 e. The minimum Gasteiger partial charge on any atom is -0.383 e. The van der Waals surface area contributed by atoms with Crippen LogP contribution in [0, 0.1) is 0 Å². The maximum atomic E-state index is 6.12. The molecule has 3 nitrogen and oxygen atoms in total. The summed E-state index contributed by atoms with van der Waals surface area (Å²) in [5.41, 5.74) is 1.07. The van der Waals surface area contributed by atoms with E-state index >= 15 is 0 Å². The van der Waals surface area contributed by atoms with Gasteiger partial charge in [0, 0.05) is 17.9 Å². The number of alkyl halides is 1. The van der Waals surface area contributed by atoms with Crippen molar-refractivity contribution >= 4 is 27.5 Å². The number of rotatable bonds is 5. The predicted octanol–water partition coefficient (Wildman–Crippen LogP) is 3.07. The molecule has 1 heterocycles. The van der Waals surface area contributed by atoms with Gasteiger partial charge in [-0.2, -0.15) is 5.10 Å². The number of hydrogen-bond donors (Lipinski definition) is 0. The van der Waals surface area contributed by atoms with Crippen molar-refractivity contribution in [2.75, 3.05) is 13.7 Å². The van der Waals surface area contributed by atoms with Gasteiger partial charge in [-0.3, -0.25) is 4.68 Å². The summed E-state index contributed by atoms with van der Waals surface area (Å²) in [4.78, 5) is 0.369. The second-order valence-corrected chi connectivity index (χ2v) is 5.41. The Kier molecular flexibility index (Phi) is 5.09. The Labute approximate surface area is 104 Å². The Morgan fingerprint density at radius 2 is 2.27 bits per heavy atom. The van der Waals surface area contributed by atoms with Gasteiger partial charge in [0.25, 0.3) is 0 Å². The highest BCUT2D eigenvalue weighted by Crippen LogP contribution is 2.29. The number of nitrogens with zero attached hydrogens (tertiary/aromatic N) is 2. The third-order valence-electron chi connectivity index (χ3n) is 2.46. The molecule has 86 valence electrons. The lowest BCUT2D eigenvalue weighted by atomic mass is 10.1. The van der Waals surface area contributed by atoms with Crippen molar-refractivity contribution in [1.29, 1.82) is 0 Å². The van der Waals surface area contributed by atoms with Gasteiger partial charge in [-0.15, -0.1) is 0 Å². The Morgan fingerprint density at radius 3 is 2.80 bits per heavy atom. The largest absolute Gasteiger partial charge is 0.383 e. The summed E-state index contributed by atoms with van der Waals surface area (Å²) in [6, 6.07) is 0. The van der Waals surface area contributed by atoms with Crippen LogP contribution in [0.25, 0.3) is 0 Å². The van der Waals surface area contributed by atoms with Gasteiger partial charge in [0.15, 0.2) is 0 Å².